The van der Waals surface area contributed by atoms with Crippen LogP contribution in [0.5, 0.6) is 0 Å². The Balaban J connectivity index is 2.24. The van der Waals surface area contributed by atoms with Crippen molar-refractivity contribution in [2.75, 3.05) is 5.73 Å². The number of rotatable bonds is 1. The standard InChI is InChI=1S/C13H16N4O2/c14-8-6-10-11(15-7-8)16-13(19)17(12(10)18)9-4-2-1-3-5-9/h6-7,9H,1-5,14H2,(H,15,16,19). The number of anilines is 1. The minimum absolute atomic E-state index is 0.00386. The highest BCUT2D eigenvalue weighted by molar-refractivity contribution is 5.76. The monoisotopic (exact) mass is 260 g/mol. The van der Waals surface area contributed by atoms with Crippen LogP contribution in [0.3, 0.4) is 0 Å². The number of nitrogens with zero attached hydrogens (tertiary/aromatic N) is 2. The van der Waals surface area contributed by atoms with Crippen LogP contribution in [0, 0.1) is 0 Å². The van der Waals surface area contributed by atoms with Crippen molar-refractivity contribution < 1.29 is 0 Å². The summed E-state index contributed by atoms with van der Waals surface area (Å²) in [6.45, 7) is 0. The molecule has 0 spiro atoms. The molecule has 1 fully saturated rings. The van der Waals surface area contributed by atoms with Crippen LogP contribution in [0.1, 0.15) is 38.1 Å². The van der Waals surface area contributed by atoms with Gasteiger partial charge in [-0.05, 0) is 18.9 Å². The zero-order chi connectivity index (χ0) is 13.4. The fraction of sp³-hybridized carbons (Fsp3) is 0.462. The van der Waals surface area contributed by atoms with Crippen LogP contribution in [-0.4, -0.2) is 14.5 Å². The molecule has 1 aliphatic carbocycles. The van der Waals surface area contributed by atoms with Crippen LogP contribution in [0.2, 0.25) is 0 Å². The Bertz CT molecular complexity index is 725. The van der Waals surface area contributed by atoms with Gasteiger partial charge in [-0.1, -0.05) is 19.3 Å². The molecule has 0 radical (unpaired) electrons. The maximum absolute atomic E-state index is 12.4. The molecule has 100 valence electrons. The molecule has 6 heteroatoms. The molecule has 3 N–H and O–H groups in total. The van der Waals surface area contributed by atoms with Gasteiger partial charge in [0.05, 0.1) is 17.3 Å². The number of aromatic nitrogens is 3. The summed E-state index contributed by atoms with van der Waals surface area (Å²) < 4.78 is 1.34. The molecule has 0 atom stereocenters. The summed E-state index contributed by atoms with van der Waals surface area (Å²) in [6.07, 6.45) is 6.48. The molecule has 0 aliphatic heterocycles. The van der Waals surface area contributed by atoms with Gasteiger partial charge in [0.25, 0.3) is 5.56 Å². The second-order valence-electron chi connectivity index (χ2n) is 5.06. The molecule has 3 rings (SSSR count). The van der Waals surface area contributed by atoms with Gasteiger partial charge in [0.1, 0.15) is 5.65 Å². The van der Waals surface area contributed by atoms with Crippen molar-refractivity contribution in [2.24, 2.45) is 0 Å². The second kappa shape index (κ2) is 4.53. The van der Waals surface area contributed by atoms with Gasteiger partial charge >= 0.3 is 5.69 Å². The smallest absolute Gasteiger partial charge is 0.330 e. The van der Waals surface area contributed by atoms with Crippen LogP contribution >= 0.6 is 0 Å². The molecule has 6 nitrogen and oxygen atoms in total. The Hall–Kier alpha value is -2.11. The van der Waals surface area contributed by atoms with E-state index >= 15 is 0 Å². The van der Waals surface area contributed by atoms with Crippen molar-refractivity contribution in [2.45, 2.75) is 38.1 Å². The van der Waals surface area contributed by atoms with Gasteiger partial charge in [-0.2, -0.15) is 0 Å². The summed E-state index contributed by atoms with van der Waals surface area (Å²) in [6, 6.07) is 1.57. The lowest BCUT2D eigenvalue weighted by Gasteiger charge is -2.22. The van der Waals surface area contributed by atoms with E-state index in [1.807, 2.05) is 0 Å². The molecule has 0 amide bonds. The predicted molar refractivity (Wildman–Crippen MR) is 73.2 cm³/mol. The summed E-state index contributed by atoms with van der Waals surface area (Å²) in [7, 11) is 0. The van der Waals surface area contributed by atoms with E-state index in [0.717, 1.165) is 25.7 Å². The van der Waals surface area contributed by atoms with E-state index in [2.05, 4.69) is 9.97 Å². The van der Waals surface area contributed by atoms with E-state index in [9.17, 15) is 9.59 Å². The zero-order valence-corrected chi connectivity index (χ0v) is 10.6. The van der Waals surface area contributed by atoms with Gasteiger partial charge in [-0.25, -0.2) is 9.78 Å². The van der Waals surface area contributed by atoms with E-state index in [4.69, 9.17) is 5.73 Å². The molecular formula is C13H16N4O2. The first kappa shape index (κ1) is 12.0. The number of pyridine rings is 1. The van der Waals surface area contributed by atoms with Crippen LogP contribution in [0.25, 0.3) is 11.0 Å². The highest BCUT2D eigenvalue weighted by atomic mass is 16.2. The van der Waals surface area contributed by atoms with E-state index in [-0.39, 0.29) is 17.3 Å². The molecule has 1 aliphatic rings. The molecule has 0 aromatic carbocycles. The number of nitrogen functional groups attached to an aromatic ring is 1. The SMILES string of the molecule is Nc1cnc2[nH]c(=O)n(C3CCCCC3)c(=O)c2c1. The van der Waals surface area contributed by atoms with E-state index in [1.54, 1.807) is 6.07 Å². The summed E-state index contributed by atoms with van der Waals surface area (Å²) in [5.74, 6) is 0. The van der Waals surface area contributed by atoms with Crippen LogP contribution < -0.4 is 17.0 Å². The highest BCUT2D eigenvalue weighted by Crippen LogP contribution is 2.26. The Morgan fingerprint density at radius 1 is 1.26 bits per heavy atom. The maximum Gasteiger partial charge on any atom is 0.330 e. The highest BCUT2D eigenvalue weighted by Gasteiger charge is 2.20. The molecule has 0 saturated heterocycles. The van der Waals surface area contributed by atoms with Crippen molar-refractivity contribution in [1.29, 1.82) is 0 Å². The van der Waals surface area contributed by atoms with Crippen molar-refractivity contribution in [3.63, 3.8) is 0 Å². The number of aromatic amines is 1. The third kappa shape index (κ3) is 2.03. The van der Waals surface area contributed by atoms with Gasteiger partial charge in [-0.3, -0.25) is 14.3 Å². The fourth-order valence-corrected chi connectivity index (χ4v) is 2.80. The summed E-state index contributed by atoms with van der Waals surface area (Å²) in [5.41, 5.74) is 5.72. The Labute approximate surface area is 109 Å². The van der Waals surface area contributed by atoms with Gasteiger partial charge in [0.15, 0.2) is 0 Å². The molecule has 0 unspecified atom stereocenters. The lowest BCUT2D eigenvalue weighted by Crippen LogP contribution is -2.39. The summed E-state index contributed by atoms with van der Waals surface area (Å²) in [4.78, 5) is 31.2. The van der Waals surface area contributed by atoms with Crippen molar-refractivity contribution in [1.82, 2.24) is 14.5 Å². The molecule has 2 aromatic rings. The number of fused-ring (bicyclic) bond motifs is 1. The van der Waals surface area contributed by atoms with E-state index in [1.165, 1.54) is 17.2 Å². The topological polar surface area (TPSA) is 93.8 Å². The van der Waals surface area contributed by atoms with E-state index < -0.39 is 0 Å². The third-order valence-corrected chi connectivity index (χ3v) is 3.74. The summed E-state index contributed by atoms with van der Waals surface area (Å²) in [5, 5.41) is 0.380. The molecule has 2 aromatic heterocycles. The minimum atomic E-state index is -0.373. The average Bonchev–Trinajstić information content (AvgIpc) is 2.41. The Kier molecular flexibility index (Phi) is 2.85. The van der Waals surface area contributed by atoms with Crippen molar-refractivity contribution in [3.05, 3.63) is 33.1 Å². The second-order valence-corrected chi connectivity index (χ2v) is 5.06. The minimum Gasteiger partial charge on any atom is -0.397 e. The molecule has 2 heterocycles. The van der Waals surface area contributed by atoms with E-state index in [0.29, 0.717) is 16.7 Å². The van der Waals surface area contributed by atoms with Crippen LogP contribution in [-0.2, 0) is 0 Å². The largest absolute Gasteiger partial charge is 0.397 e. The molecule has 0 bridgehead atoms. The van der Waals surface area contributed by atoms with Crippen molar-refractivity contribution in [3.8, 4) is 0 Å². The number of nitrogens with one attached hydrogen (secondary N) is 1. The first-order valence-electron chi connectivity index (χ1n) is 6.57. The molecule has 19 heavy (non-hydrogen) atoms. The average molecular weight is 260 g/mol. The Morgan fingerprint density at radius 3 is 2.74 bits per heavy atom. The van der Waals surface area contributed by atoms with Crippen molar-refractivity contribution >= 4 is 16.7 Å². The van der Waals surface area contributed by atoms with Gasteiger partial charge in [-0.15, -0.1) is 0 Å². The van der Waals surface area contributed by atoms with Gasteiger partial charge in [0, 0.05) is 6.04 Å². The molecular weight excluding hydrogens is 244 g/mol. The Morgan fingerprint density at radius 2 is 2.00 bits per heavy atom. The van der Waals surface area contributed by atoms with Gasteiger partial charge in [0.2, 0.25) is 0 Å². The number of H-pyrrole nitrogens is 1. The normalized spacial score (nSPS) is 16.8. The quantitative estimate of drug-likeness (QED) is 0.804. The summed E-state index contributed by atoms with van der Waals surface area (Å²) >= 11 is 0. The van der Waals surface area contributed by atoms with Crippen LogP contribution in [0.15, 0.2) is 21.9 Å². The third-order valence-electron chi connectivity index (χ3n) is 3.74. The number of hydrogen-bond donors (Lipinski definition) is 2. The predicted octanol–water partition coefficient (Wildman–Crippen LogP) is 1.17. The number of nitrogens with two attached hydrogens (primary N) is 1. The first-order valence-corrected chi connectivity index (χ1v) is 6.57. The number of hydrogen-bond acceptors (Lipinski definition) is 4. The molecule has 1 saturated carbocycles. The first-order chi connectivity index (χ1) is 9.16. The van der Waals surface area contributed by atoms with Crippen LogP contribution in [0.4, 0.5) is 5.69 Å². The lowest BCUT2D eigenvalue weighted by molar-refractivity contribution is 0.338. The van der Waals surface area contributed by atoms with Gasteiger partial charge < -0.3 is 5.73 Å². The zero-order valence-electron chi connectivity index (χ0n) is 10.6. The fourth-order valence-electron chi connectivity index (χ4n) is 2.80. The maximum atomic E-state index is 12.4. The lowest BCUT2D eigenvalue weighted by atomic mass is 9.95.